The zero-order chi connectivity index (χ0) is 12.8. The Morgan fingerprint density at radius 3 is 2.71 bits per heavy atom. The highest BCUT2D eigenvalue weighted by molar-refractivity contribution is 6.34. The topological polar surface area (TPSA) is 84.2 Å². The SMILES string of the molecule is CNC(=O)CCNC(=O)c1c(N)cccc1Cl. The quantitative estimate of drug-likeness (QED) is 0.696. The van der Waals surface area contributed by atoms with Gasteiger partial charge in [0.25, 0.3) is 5.91 Å². The van der Waals surface area contributed by atoms with Gasteiger partial charge in [-0.15, -0.1) is 0 Å². The monoisotopic (exact) mass is 255 g/mol. The summed E-state index contributed by atoms with van der Waals surface area (Å²) in [4.78, 5) is 22.7. The molecule has 4 N–H and O–H groups in total. The lowest BCUT2D eigenvalue weighted by Crippen LogP contribution is -2.29. The summed E-state index contributed by atoms with van der Waals surface area (Å²) >= 11 is 5.87. The predicted molar refractivity (Wildman–Crippen MR) is 66.9 cm³/mol. The number of benzene rings is 1. The Hall–Kier alpha value is -1.75. The molecule has 0 saturated heterocycles. The number of halogens is 1. The highest BCUT2D eigenvalue weighted by Gasteiger charge is 2.13. The van der Waals surface area contributed by atoms with Gasteiger partial charge in [0.2, 0.25) is 5.91 Å². The van der Waals surface area contributed by atoms with Crippen LogP contribution in [0.4, 0.5) is 5.69 Å². The number of anilines is 1. The van der Waals surface area contributed by atoms with Crippen LogP contribution in [0.1, 0.15) is 16.8 Å². The van der Waals surface area contributed by atoms with E-state index in [1.807, 2.05) is 0 Å². The maximum atomic E-state index is 11.7. The molecule has 1 aromatic carbocycles. The lowest BCUT2D eigenvalue weighted by Gasteiger charge is -2.08. The first kappa shape index (κ1) is 13.3. The Morgan fingerprint density at radius 1 is 1.41 bits per heavy atom. The fourth-order valence-corrected chi connectivity index (χ4v) is 1.55. The molecule has 0 heterocycles. The van der Waals surface area contributed by atoms with E-state index in [1.54, 1.807) is 18.2 Å². The second-order valence-corrected chi connectivity index (χ2v) is 3.79. The largest absolute Gasteiger partial charge is 0.398 e. The van der Waals surface area contributed by atoms with Gasteiger partial charge in [0.05, 0.1) is 10.6 Å². The molecule has 2 amide bonds. The van der Waals surface area contributed by atoms with Crippen molar-refractivity contribution in [1.29, 1.82) is 0 Å². The van der Waals surface area contributed by atoms with Gasteiger partial charge in [0.1, 0.15) is 0 Å². The van der Waals surface area contributed by atoms with Crippen molar-refractivity contribution in [2.24, 2.45) is 0 Å². The third-order valence-electron chi connectivity index (χ3n) is 2.19. The maximum absolute atomic E-state index is 11.7. The Bertz CT molecular complexity index is 414. The molecule has 0 unspecified atom stereocenters. The van der Waals surface area contributed by atoms with Crippen molar-refractivity contribution in [3.8, 4) is 0 Å². The fourth-order valence-electron chi connectivity index (χ4n) is 1.28. The number of hydrogen-bond acceptors (Lipinski definition) is 3. The highest BCUT2D eigenvalue weighted by atomic mass is 35.5. The number of amides is 2. The van der Waals surface area contributed by atoms with E-state index in [-0.39, 0.29) is 30.3 Å². The van der Waals surface area contributed by atoms with Gasteiger partial charge in [-0.3, -0.25) is 9.59 Å². The van der Waals surface area contributed by atoms with Crippen LogP contribution in [0.5, 0.6) is 0 Å². The Kier molecular flexibility index (Phi) is 4.78. The number of rotatable bonds is 4. The Balaban J connectivity index is 2.61. The smallest absolute Gasteiger partial charge is 0.254 e. The van der Waals surface area contributed by atoms with Gasteiger partial charge in [-0.05, 0) is 12.1 Å². The third-order valence-corrected chi connectivity index (χ3v) is 2.50. The van der Waals surface area contributed by atoms with Crippen LogP contribution >= 0.6 is 11.6 Å². The molecular formula is C11H14ClN3O2. The number of nitrogens with two attached hydrogens (primary N) is 1. The van der Waals surface area contributed by atoms with E-state index in [4.69, 9.17) is 17.3 Å². The molecule has 0 fully saturated rings. The van der Waals surface area contributed by atoms with E-state index in [0.717, 1.165) is 0 Å². The molecule has 0 saturated carbocycles. The second kappa shape index (κ2) is 6.10. The summed E-state index contributed by atoms with van der Waals surface area (Å²) < 4.78 is 0. The van der Waals surface area contributed by atoms with Crippen LogP contribution in [0.25, 0.3) is 0 Å². The van der Waals surface area contributed by atoms with Crippen molar-refractivity contribution in [2.45, 2.75) is 6.42 Å². The van der Waals surface area contributed by atoms with Gasteiger partial charge < -0.3 is 16.4 Å². The summed E-state index contributed by atoms with van der Waals surface area (Å²) in [6.45, 7) is 0.239. The zero-order valence-electron chi connectivity index (χ0n) is 9.42. The van der Waals surface area contributed by atoms with E-state index < -0.39 is 0 Å². The summed E-state index contributed by atoms with van der Waals surface area (Å²) in [5.74, 6) is -0.519. The summed E-state index contributed by atoms with van der Waals surface area (Å²) in [6, 6.07) is 4.85. The van der Waals surface area contributed by atoms with Gasteiger partial charge in [-0.25, -0.2) is 0 Å². The first-order valence-electron chi connectivity index (χ1n) is 5.09. The van der Waals surface area contributed by atoms with Gasteiger partial charge in [-0.1, -0.05) is 17.7 Å². The molecule has 0 aliphatic heterocycles. The molecule has 5 nitrogen and oxygen atoms in total. The molecule has 0 aromatic heterocycles. The minimum atomic E-state index is -0.378. The first-order chi connectivity index (χ1) is 8.06. The fraction of sp³-hybridized carbons (Fsp3) is 0.273. The first-order valence-corrected chi connectivity index (χ1v) is 5.46. The van der Waals surface area contributed by atoms with Crippen molar-refractivity contribution in [3.05, 3.63) is 28.8 Å². The minimum Gasteiger partial charge on any atom is -0.398 e. The molecule has 1 aromatic rings. The molecule has 0 aliphatic rings. The molecule has 6 heteroatoms. The van der Waals surface area contributed by atoms with Crippen LogP contribution in [-0.2, 0) is 4.79 Å². The van der Waals surface area contributed by atoms with Crippen LogP contribution in [0, 0.1) is 0 Å². The molecule has 0 radical (unpaired) electrons. The number of carbonyl (C=O) groups is 2. The molecule has 0 spiro atoms. The minimum absolute atomic E-state index is 0.141. The third kappa shape index (κ3) is 3.64. The van der Waals surface area contributed by atoms with Crippen LogP contribution in [-0.4, -0.2) is 25.4 Å². The average molecular weight is 256 g/mol. The lowest BCUT2D eigenvalue weighted by molar-refractivity contribution is -0.120. The Labute approximate surface area is 104 Å². The van der Waals surface area contributed by atoms with E-state index in [2.05, 4.69) is 10.6 Å². The van der Waals surface area contributed by atoms with Crippen LogP contribution < -0.4 is 16.4 Å². The van der Waals surface area contributed by atoms with E-state index in [9.17, 15) is 9.59 Å². The predicted octanol–water partition coefficient (Wildman–Crippen LogP) is 0.788. The normalized spacial score (nSPS) is 9.76. The second-order valence-electron chi connectivity index (χ2n) is 3.38. The molecule has 1 rings (SSSR count). The van der Waals surface area contributed by atoms with Gasteiger partial charge in [0, 0.05) is 25.7 Å². The summed E-state index contributed by atoms with van der Waals surface area (Å²) in [6.07, 6.45) is 0.215. The average Bonchev–Trinajstić information content (AvgIpc) is 2.28. The van der Waals surface area contributed by atoms with Gasteiger partial charge in [0.15, 0.2) is 0 Å². The van der Waals surface area contributed by atoms with Crippen molar-refractivity contribution < 1.29 is 9.59 Å². The highest BCUT2D eigenvalue weighted by Crippen LogP contribution is 2.21. The standard InChI is InChI=1S/C11H14ClN3O2/c1-14-9(16)5-6-15-11(17)10-7(12)3-2-4-8(10)13/h2-4H,5-6,13H2,1H3,(H,14,16)(H,15,17). The van der Waals surface area contributed by atoms with Gasteiger partial charge >= 0.3 is 0 Å². The van der Waals surface area contributed by atoms with Crippen molar-refractivity contribution >= 4 is 29.1 Å². The molecule has 0 bridgehead atoms. The Morgan fingerprint density at radius 2 is 2.12 bits per heavy atom. The van der Waals surface area contributed by atoms with Gasteiger partial charge in [-0.2, -0.15) is 0 Å². The van der Waals surface area contributed by atoms with E-state index in [0.29, 0.717) is 10.7 Å². The number of carbonyl (C=O) groups excluding carboxylic acids is 2. The summed E-state index contributed by atoms with van der Waals surface area (Å²) in [5, 5.41) is 5.34. The van der Waals surface area contributed by atoms with Crippen molar-refractivity contribution in [3.63, 3.8) is 0 Å². The van der Waals surface area contributed by atoms with Crippen molar-refractivity contribution in [2.75, 3.05) is 19.3 Å². The molecule has 0 aliphatic carbocycles. The molecule has 17 heavy (non-hydrogen) atoms. The molecule has 0 atom stereocenters. The number of nitrogens with one attached hydrogen (secondary N) is 2. The molecule has 92 valence electrons. The van der Waals surface area contributed by atoms with Crippen molar-refractivity contribution in [1.82, 2.24) is 10.6 Å². The van der Waals surface area contributed by atoms with E-state index in [1.165, 1.54) is 7.05 Å². The summed E-state index contributed by atoms with van der Waals surface area (Å²) in [7, 11) is 1.54. The maximum Gasteiger partial charge on any atom is 0.254 e. The molecular weight excluding hydrogens is 242 g/mol. The lowest BCUT2D eigenvalue weighted by atomic mass is 10.1. The number of nitrogen functional groups attached to an aromatic ring is 1. The van der Waals surface area contributed by atoms with Crippen LogP contribution in [0.15, 0.2) is 18.2 Å². The zero-order valence-corrected chi connectivity index (χ0v) is 10.2. The van der Waals surface area contributed by atoms with E-state index >= 15 is 0 Å². The summed E-state index contributed by atoms with van der Waals surface area (Å²) in [5.41, 5.74) is 6.21. The number of hydrogen-bond donors (Lipinski definition) is 3. The van der Waals surface area contributed by atoms with Crippen LogP contribution in [0.3, 0.4) is 0 Å². The van der Waals surface area contributed by atoms with Crippen LogP contribution in [0.2, 0.25) is 5.02 Å².